The Bertz CT molecular complexity index is 778. The quantitative estimate of drug-likeness (QED) is 0.576. The number of carbonyl (C=O) groups is 1. The zero-order valence-corrected chi connectivity index (χ0v) is 13.9. The van der Waals surface area contributed by atoms with E-state index in [4.69, 9.17) is 0 Å². The first-order valence-corrected chi connectivity index (χ1v) is 9.07. The Morgan fingerprint density at radius 3 is 3.05 bits per heavy atom. The van der Waals surface area contributed by atoms with Crippen molar-refractivity contribution in [3.05, 3.63) is 47.9 Å². The second-order valence-corrected chi connectivity index (χ2v) is 7.78. The van der Waals surface area contributed by atoms with Gasteiger partial charge < -0.3 is 7.68 Å². The molecule has 0 fully saturated rings. The Morgan fingerprint density at radius 1 is 1.38 bits per heavy atom. The average Bonchev–Trinajstić information content (AvgIpc) is 3.10. The summed E-state index contributed by atoms with van der Waals surface area (Å²) in [6, 6.07) is 8.24. The highest BCUT2D eigenvalue weighted by molar-refractivity contribution is 14.1. The molecule has 0 N–H and O–H groups in total. The number of halogens is 1. The predicted octanol–water partition coefficient (Wildman–Crippen LogP) is 3.78. The Hall–Kier alpha value is -1.50. The van der Waals surface area contributed by atoms with Crippen molar-refractivity contribution in [3.8, 4) is 0 Å². The minimum Gasteiger partial charge on any atom is -0.347 e. The number of aromatic nitrogens is 1. The van der Waals surface area contributed by atoms with Gasteiger partial charge in [0.25, 0.3) is 0 Å². The molecule has 5 heteroatoms. The number of hydrogen-bond donors (Lipinski definition) is 0. The Kier molecular flexibility index (Phi) is 3.17. The summed E-state index contributed by atoms with van der Waals surface area (Å²) in [5.41, 5.74) is 3.33. The van der Waals surface area contributed by atoms with Gasteiger partial charge in [-0.1, -0.05) is 18.2 Å². The summed E-state index contributed by atoms with van der Waals surface area (Å²) >= 11 is -0.279. The summed E-state index contributed by atoms with van der Waals surface area (Å²) in [4.78, 5) is 12.9. The van der Waals surface area contributed by atoms with Gasteiger partial charge in [0.1, 0.15) is 21.3 Å². The molecule has 1 unspecified atom stereocenters. The lowest BCUT2D eigenvalue weighted by Gasteiger charge is -2.24. The first-order chi connectivity index (χ1) is 10.3. The number of para-hydroxylation sites is 1. The highest BCUT2D eigenvalue weighted by Crippen LogP contribution is 2.35. The number of benzene rings is 1. The van der Waals surface area contributed by atoms with Gasteiger partial charge in [0.2, 0.25) is 0 Å². The molecule has 0 saturated heterocycles. The molecule has 0 saturated carbocycles. The molecule has 1 aromatic carbocycles. The van der Waals surface area contributed by atoms with Gasteiger partial charge in [-0.2, -0.15) is 0 Å². The van der Waals surface area contributed by atoms with E-state index in [1.807, 2.05) is 24.5 Å². The van der Waals surface area contributed by atoms with E-state index in [-0.39, 0.29) is 27.2 Å². The van der Waals surface area contributed by atoms with Crippen molar-refractivity contribution in [2.75, 3.05) is 6.54 Å². The van der Waals surface area contributed by atoms with E-state index < -0.39 is 0 Å². The molecule has 2 aromatic rings. The van der Waals surface area contributed by atoms with Gasteiger partial charge in [-0.05, 0) is 18.9 Å². The lowest BCUT2D eigenvalue weighted by Crippen LogP contribution is -2.29. The van der Waals surface area contributed by atoms with E-state index in [1.165, 1.54) is 11.2 Å². The van der Waals surface area contributed by atoms with Gasteiger partial charge in [0, 0.05) is 47.9 Å². The summed E-state index contributed by atoms with van der Waals surface area (Å²) in [6.07, 6.45) is 5.83. The summed E-state index contributed by atoms with van der Waals surface area (Å²) in [6.45, 7) is 0.828. The Balaban J connectivity index is 1.75. The number of fused-ring (bicyclic) bond motifs is 3. The molecule has 0 bridgehead atoms. The molecule has 0 radical (unpaired) electrons. The maximum atomic E-state index is 12.9. The van der Waals surface area contributed by atoms with Crippen LogP contribution in [0.5, 0.6) is 0 Å². The van der Waals surface area contributed by atoms with Crippen molar-refractivity contribution < 1.29 is 4.79 Å². The van der Waals surface area contributed by atoms with Crippen LogP contribution in [0, 0.1) is 5.92 Å². The zero-order chi connectivity index (χ0) is 14.4. The summed E-state index contributed by atoms with van der Waals surface area (Å²) in [5.74, 6) is 0.429. The Morgan fingerprint density at radius 2 is 2.24 bits per heavy atom. The number of aryl methyl sites for hydroxylation is 1. The lowest BCUT2D eigenvalue weighted by molar-refractivity contribution is 0.0896. The fourth-order valence-electron chi connectivity index (χ4n) is 3.34. The third-order valence-electron chi connectivity index (χ3n) is 4.40. The molecule has 108 valence electrons. The molecule has 0 spiro atoms. The minimum atomic E-state index is -0.279. The first-order valence-electron chi connectivity index (χ1n) is 7.14. The third kappa shape index (κ3) is 2.06. The molecule has 21 heavy (non-hydrogen) atoms. The van der Waals surface area contributed by atoms with Crippen LogP contribution in [0.4, 0.5) is 0 Å². The second kappa shape index (κ2) is 5.05. The van der Waals surface area contributed by atoms with Crippen molar-refractivity contribution in [2.45, 2.75) is 12.8 Å². The molecule has 2 aliphatic rings. The summed E-state index contributed by atoms with van der Waals surface area (Å²) < 4.78 is 8.72. The van der Waals surface area contributed by atoms with Crippen molar-refractivity contribution in [1.29, 1.82) is 0 Å². The number of Topliss-reactive ketones (excluding diaryl/α,β-unsaturated/α-hetero) is 1. The van der Waals surface area contributed by atoms with Gasteiger partial charge in [-0.15, -0.1) is 0 Å². The topological polar surface area (TPSA) is 37.6 Å². The molecule has 2 heterocycles. The van der Waals surface area contributed by atoms with Crippen LogP contribution in [0.2, 0.25) is 0 Å². The normalized spacial score (nSPS) is 20.9. The van der Waals surface area contributed by atoms with Crippen LogP contribution in [-0.4, -0.2) is 20.0 Å². The van der Waals surface area contributed by atoms with Gasteiger partial charge in [-0.25, -0.2) is 3.15 Å². The number of hydrogen-bond acceptors (Lipinski definition) is 3. The zero-order valence-electron chi connectivity index (χ0n) is 11.8. The van der Waals surface area contributed by atoms with Crippen molar-refractivity contribution in [2.24, 2.45) is 16.1 Å². The molecular formula is C16H16IN3O. The monoisotopic (exact) mass is 393 g/mol. The standard InChI is InChI=1S/C16H16IN3O/c1-19-13-5-3-2-4-12(13)15-14(19)7-6-11(16(15)21)10-20-9-8-18-17-20/h2-5,8-9,11H,6-7,10H2,1H3. The molecule has 1 aliphatic heterocycles. The molecule has 1 atom stereocenters. The molecule has 1 aliphatic carbocycles. The van der Waals surface area contributed by atoms with Crippen molar-refractivity contribution in [1.82, 2.24) is 7.68 Å². The Labute approximate surface area is 133 Å². The maximum Gasteiger partial charge on any atom is 0.170 e. The number of carbonyl (C=O) groups excluding carboxylic acids is 1. The van der Waals surface area contributed by atoms with Gasteiger partial charge in [-0.3, -0.25) is 4.79 Å². The average molecular weight is 393 g/mol. The molecule has 0 amide bonds. The molecular weight excluding hydrogens is 377 g/mol. The number of nitrogens with zero attached hydrogens (tertiary/aromatic N) is 3. The maximum absolute atomic E-state index is 12.9. The van der Waals surface area contributed by atoms with E-state index >= 15 is 0 Å². The molecule has 1 aromatic heterocycles. The van der Waals surface area contributed by atoms with Crippen molar-refractivity contribution in [3.63, 3.8) is 0 Å². The summed E-state index contributed by atoms with van der Waals surface area (Å²) in [7, 11) is 2.07. The van der Waals surface area contributed by atoms with Crippen molar-refractivity contribution >= 4 is 38.0 Å². The van der Waals surface area contributed by atoms with Gasteiger partial charge >= 0.3 is 0 Å². The molecule has 4 rings (SSSR count). The highest BCUT2D eigenvalue weighted by Gasteiger charge is 2.32. The van der Waals surface area contributed by atoms with Crippen LogP contribution in [0.1, 0.15) is 22.5 Å². The van der Waals surface area contributed by atoms with E-state index in [0.717, 1.165) is 30.3 Å². The minimum absolute atomic E-state index is 0.112. The second-order valence-electron chi connectivity index (χ2n) is 5.55. The third-order valence-corrected chi connectivity index (χ3v) is 6.24. The fraction of sp³-hybridized carbons (Fsp3) is 0.312. The molecule has 4 nitrogen and oxygen atoms in total. The largest absolute Gasteiger partial charge is 0.347 e. The van der Waals surface area contributed by atoms with E-state index in [2.05, 4.69) is 30.0 Å². The number of ketones is 1. The van der Waals surface area contributed by atoms with Crippen LogP contribution in [0.3, 0.4) is 0 Å². The van der Waals surface area contributed by atoms with Gasteiger partial charge in [0.15, 0.2) is 5.78 Å². The van der Waals surface area contributed by atoms with E-state index in [1.54, 1.807) is 0 Å². The van der Waals surface area contributed by atoms with E-state index in [0.29, 0.717) is 5.78 Å². The van der Waals surface area contributed by atoms with Crippen LogP contribution in [-0.2, 0) is 13.5 Å². The predicted molar refractivity (Wildman–Crippen MR) is 91.4 cm³/mol. The van der Waals surface area contributed by atoms with E-state index in [9.17, 15) is 4.79 Å². The lowest BCUT2D eigenvalue weighted by atomic mass is 9.85. The summed E-state index contributed by atoms with van der Waals surface area (Å²) in [5, 5.41) is 1.11. The smallest absolute Gasteiger partial charge is 0.170 e. The van der Waals surface area contributed by atoms with Crippen LogP contribution < -0.4 is 0 Å². The van der Waals surface area contributed by atoms with Gasteiger partial charge in [0.05, 0.1) is 6.20 Å². The van der Waals surface area contributed by atoms with Crippen LogP contribution in [0.25, 0.3) is 10.9 Å². The number of rotatable bonds is 2. The highest BCUT2D eigenvalue weighted by atomic mass is 127. The fourth-order valence-corrected chi connectivity index (χ4v) is 4.89. The SMILES string of the molecule is Cn1c2c(c3ccccc31)C(=O)C(CN1C=CN=I1)CC2. The van der Waals surface area contributed by atoms with Crippen LogP contribution >= 0.6 is 21.3 Å². The van der Waals surface area contributed by atoms with Crippen LogP contribution in [0.15, 0.2) is 39.8 Å². The first kappa shape index (κ1) is 13.2.